The second kappa shape index (κ2) is 8.45. The molecule has 1 heterocycles. The number of aromatic nitrogens is 2. The number of carbonyl (C=O) groups is 1. The molecule has 1 aromatic heterocycles. The Morgan fingerprint density at radius 1 is 1.04 bits per heavy atom. The number of nitrogens with zero attached hydrogens (tertiary/aromatic N) is 2. The van der Waals surface area contributed by atoms with Crippen LogP contribution in [0.25, 0.3) is 0 Å². The molecule has 0 aliphatic heterocycles. The maximum atomic E-state index is 12.2. The van der Waals surface area contributed by atoms with Crippen LogP contribution in [0.4, 0.5) is 11.5 Å². The molecule has 5 nitrogen and oxygen atoms in total. The van der Waals surface area contributed by atoms with Crippen molar-refractivity contribution >= 4 is 29.0 Å². The molecule has 26 heavy (non-hydrogen) atoms. The van der Waals surface area contributed by atoms with Gasteiger partial charge in [0.2, 0.25) is 0 Å². The molecule has 0 saturated carbocycles. The number of para-hydroxylation sites is 1. The highest BCUT2D eigenvalue weighted by molar-refractivity contribution is 6.30. The lowest BCUT2D eigenvalue weighted by Crippen LogP contribution is -2.26. The number of carbonyl (C=O) groups excluding carboxylic acids is 1. The van der Waals surface area contributed by atoms with E-state index in [2.05, 4.69) is 20.6 Å². The minimum absolute atomic E-state index is 0.242. The Morgan fingerprint density at radius 3 is 2.50 bits per heavy atom. The Labute approximate surface area is 157 Å². The topological polar surface area (TPSA) is 66.9 Å². The van der Waals surface area contributed by atoms with E-state index >= 15 is 0 Å². The molecule has 0 bridgehead atoms. The molecule has 3 aromatic rings. The van der Waals surface area contributed by atoms with Gasteiger partial charge in [-0.25, -0.2) is 9.97 Å². The maximum Gasteiger partial charge on any atom is 0.271 e. The van der Waals surface area contributed by atoms with Gasteiger partial charge in [-0.15, -0.1) is 0 Å². The second-order valence-electron chi connectivity index (χ2n) is 5.86. The van der Waals surface area contributed by atoms with Crippen molar-refractivity contribution < 1.29 is 4.79 Å². The number of aryl methyl sites for hydroxylation is 1. The molecule has 0 radical (unpaired) electrons. The van der Waals surface area contributed by atoms with E-state index in [-0.39, 0.29) is 11.6 Å². The monoisotopic (exact) mass is 366 g/mol. The Bertz CT molecular complexity index is 879. The number of hydrogen-bond donors (Lipinski definition) is 2. The lowest BCUT2D eigenvalue weighted by atomic mass is 10.1. The third kappa shape index (κ3) is 4.80. The molecule has 0 aliphatic carbocycles. The average molecular weight is 367 g/mol. The summed E-state index contributed by atoms with van der Waals surface area (Å²) in [6, 6.07) is 15.5. The Hall–Kier alpha value is -2.92. The van der Waals surface area contributed by atoms with Crippen LogP contribution in [-0.2, 0) is 6.42 Å². The summed E-state index contributed by atoms with van der Waals surface area (Å²) in [5.41, 5.74) is 3.47. The van der Waals surface area contributed by atoms with E-state index in [0.29, 0.717) is 17.4 Å². The van der Waals surface area contributed by atoms with Crippen molar-refractivity contribution in [2.24, 2.45) is 0 Å². The molecule has 132 valence electrons. The number of hydrogen-bond acceptors (Lipinski definition) is 4. The van der Waals surface area contributed by atoms with E-state index in [0.717, 1.165) is 23.2 Å². The van der Waals surface area contributed by atoms with Crippen LogP contribution in [0, 0.1) is 6.92 Å². The summed E-state index contributed by atoms with van der Waals surface area (Å²) in [4.78, 5) is 20.6. The molecule has 0 fully saturated rings. The van der Waals surface area contributed by atoms with Crippen LogP contribution < -0.4 is 10.6 Å². The summed E-state index contributed by atoms with van der Waals surface area (Å²) in [7, 11) is 0. The van der Waals surface area contributed by atoms with Crippen LogP contribution >= 0.6 is 11.6 Å². The van der Waals surface area contributed by atoms with Crippen LogP contribution in [-0.4, -0.2) is 22.4 Å². The largest absolute Gasteiger partial charge is 0.350 e. The normalized spacial score (nSPS) is 10.4. The third-order valence-corrected chi connectivity index (χ3v) is 4.16. The van der Waals surface area contributed by atoms with Gasteiger partial charge in [-0.3, -0.25) is 4.79 Å². The van der Waals surface area contributed by atoms with Crippen molar-refractivity contribution in [1.82, 2.24) is 15.3 Å². The van der Waals surface area contributed by atoms with Gasteiger partial charge in [-0.05, 0) is 42.7 Å². The highest BCUT2D eigenvalue weighted by Gasteiger charge is 2.08. The SMILES string of the molecule is Cc1ccccc1Nc1cnc(C(=O)NCCc2ccc(Cl)cc2)cn1. The number of anilines is 2. The zero-order valence-corrected chi connectivity index (χ0v) is 15.1. The Kier molecular flexibility index (Phi) is 5.81. The highest BCUT2D eigenvalue weighted by Crippen LogP contribution is 2.17. The van der Waals surface area contributed by atoms with E-state index in [9.17, 15) is 4.79 Å². The number of halogens is 1. The zero-order chi connectivity index (χ0) is 18.4. The van der Waals surface area contributed by atoms with Crippen molar-refractivity contribution in [2.75, 3.05) is 11.9 Å². The van der Waals surface area contributed by atoms with Gasteiger partial charge in [-0.1, -0.05) is 41.9 Å². The molecule has 0 aliphatic rings. The molecule has 0 atom stereocenters. The predicted octanol–water partition coefficient (Wildman–Crippen LogP) is 4.15. The van der Waals surface area contributed by atoms with Gasteiger partial charge in [0, 0.05) is 17.3 Å². The first-order valence-corrected chi connectivity index (χ1v) is 8.67. The van der Waals surface area contributed by atoms with Gasteiger partial charge in [-0.2, -0.15) is 0 Å². The molecule has 0 unspecified atom stereocenters. The molecule has 0 saturated heterocycles. The Morgan fingerprint density at radius 2 is 1.81 bits per heavy atom. The van der Waals surface area contributed by atoms with E-state index < -0.39 is 0 Å². The Balaban J connectivity index is 1.53. The summed E-state index contributed by atoms with van der Waals surface area (Å²) in [5.74, 6) is 0.353. The highest BCUT2D eigenvalue weighted by atomic mass is 35.5. The van der Waals surface area contributed by atoms with Crippen molar-refractivity contribution in [1.29, 1.82) is 0 Å². The molecule has 1 amide bonds. The summed E-state index contributed by atoms with van der Waals surface area (Å²) >= 11 is 5.86. The van der Waals surface area contributed by atoms with Gasteiger partial charge >= 0.3 is 0 Å². The van der Waals surface area contributed by atoms with Crippen LogP contribution in [0.3, 0.4) is 0 Å². The van der Waals surface area contributed by atoms with E-state index in [1.54, 1.807) is 6.20 Å². The summed E-state index contributed by atoms with van der Waals surface area (Å²) in [6.07, 6.45) is 3.75. The number of nitrogens with one attached hydrogen (secondary N) is 2. The van der Waals surface area contributed by atoms with Gasteiger partial charge in [0.15, 0.2) is 0 Å². The minimum Gasteiger partial charge on any atom is -0.350 e. The van der Waals surface area contributed by atoms with Gasteiger partial charge < -0.3 is 10.6 Å². The second-order valence-corrected chi connectivity index (χ2v) is 6.30. The summed E-state index contributed by atoms with van der Waals surface area (Å²) in [6.45, 7) is 2.53. The van der Waals surface area contributed by atoms with Crippen LogP contribution in [0.15, 0.2) is 60.9 Å². The predicted molar refractivity (Wildman–Crippen MR) is 104 cm³/mol. The molecular formula is C20H19ClN4O. The lowest BCUT2D eigenvalue weighted by Gasteiger charge is -2.09. The van der Waals surface area contributed by atoms with E-state index in [4.69, 9.17) is 11.6 Å². The van der Waals surface area contributed by atoms with Gasteiger partial charge in [0.1, 0.15) is 11.5 Å². The molecule has 3 rings (SSSR count). The van der Waals surface area contributed by atoms with E-state index in [1.165, 1.54) is 6.20 Å². The zero-order valence-electron chi connectivity index (χ0n) is 14.4. The van der Waals surface area contributed by atoms with Crippen LogP contribution in [0.1, 0.15) is 21.6 Å². The van der Waals surface area contributed by atoms with Gasteiger partial charge in [0.25, 0.3) is 5.91 Å². The fourth-order valence-corrected chi connectivity index (χ4v) is 2.55. The number of rotatable bonds is 6. The quantitative estimate of drug-likeness (QED) is 0.687. The summed E-state index contributed by atoms with van der Waals surface area (Å²) in [5, 5.41) is 6.74. The molecule has 2 aromatic carbocycles. The smallest absolute Gasteiger partial charge is 0.271 e. The molecule has 2 N–H and O–H groups in total. The lowest BCUT2D eigenvalue weighted by molar-refractivity contribution is 0.0949. The van der Waals surface area contributed by atoms with Crippen LogP contribution in [0.2, 0.25) is 5.02 Å². The molecule has 0 spiro atoms. The van der Waals surface area contributed by atoms with E-state index in [1.807, 2.05) is 55.5 Å². The molecule has 6 heteroatoms. The standard InChI is InChI=1S/C20H19ClN4O/c1-14-4-2-3-5-17(14)25-19-13-23-18(12-24-19)20(26)22-11-10-15-6-8-16(21)9-7-15/h2-9,12-13H,10-11H2,1H3,(H,22,26)(H,24,25). The molecular weight excluding hydrogens is 348 g/mol. The van der Waals surface area contributed by atoms with Gasteiger partial charge in [0.05, 0.1) is 12.4 Å². The first-order chi connectivity index (χ1) is 12.6. The number of benzene rings is 2. The van der Waals surface area contributed by atoms with Crippen molar-refractivity contribution in [3.63, 3.8) is 0 Å². The van der Waals surface area contributed by atoms with Crippen molar-refractivity contribution in [3.05, 3.63) is 82.8 Å². The number of amides is 1. The third-order valence-electron chi connectivity index (χ3n) is 3.90. The van der Waals surface area contributed by atoms with Crippen molar-refractivity contribution in [3.8, 4) is 0 Å². The first-order valence-electron chi connectivity index (χ1n) is 8.29. The average Bonchev–Trinajstić information content (AvgIpc) is 2.66. The minimum atomic E-state index is -0.242. The van der Waals surface area contributed by atoms with Crippen LogP contribution in [0.5, 0.6) is 0 Å². The fraction of sp³-hybridized carbons (Fsp3) is 0.150. The summed E-state index contributed by atoms with van der Waals surface area (Å²) < 4.78 is 0. The maximum absolute atomic E-state index is 12.2. The first kappa shape index (κ1) is 17.9. The fourth-order valence-electron chi connectivity index (χ4n) is 2.42. The van der Waals surface area contributed by atoms with Crippen molar-refractivity contribution in [2.45, 2.75) is 13.3 Å².